The molecule has 4 heteroatoms. The number of nitrogens with one attached hydrogen (secondary N) is 1. The summed E-state index contributed by atoms with van der Waals surface area (Å²) >= 11 is 0. The first kappa shape index (κ1) is 11.3. The van der Waals surface area contributed by atoms with Gasteiger partial charge in [-0.3, -0.25) is 4.90 Å². The molecule has 0 spiro atoms. The molecule has 2 heterocycles. The number of nitrogens with zero attached hydrogens (tertiary/aromatic N) is 1. The minimum atomic E-state index is -0.716. The first-order valence-corrected chi connectivity index (χ1v) is 5.94. The lowest BCUT2D eigenvalue weighted by Crippen LogP contribution is -2.53. The zero-order chi connectivity index (χ0) is 10.7. The van der Waals surface area contributed by atoms with Crippen molar-refractivity contribution in [2.75, 3.05) is 33.4 Å². The van der Waals surface area contributed by atoms with Crippen LogP contribution in [0.4, 0.5) is 4.39 Å². The first-order chi connectivity index (χ1) is 7.31. The molecule has 0 aromatic rings. The SMILES string of the molecule is CNC1CCN(C2CCOCC2)CC1F. The zero-order valence-electron chi connectivity index (χ0n) is 9.42. The van der Waals surface area contributed by atoms with E-state index in [2.05, 4.69) is 10.2 Å². The molecule has 2 saturated heterocycles. The molecule has 2 aliphatic rings. The van der Waals surface area contributed by atoms with Gasteiger partial charge in [0, 0.05) is 38.4 Å². The zero-order valence-corrected chi connectivity index (χ0v) is 9.42. The summed E-state index contributed by atoms with van der Waals surface area (Å²) in [7, 11) is 1.85. The van der Waals surface area contributed by atoms with E-state index in [1.807, 2.05) is 7.05 Å². The summed E-state index contributed by atoms with van der Waals surface area (Å²) in [6.07, 6.45) is 2.34. The van der Waals surface area contributed by atoms with Gasteiger partial charge in [0.1, 0.15) is 6.17 Å². The van der Waals surface area contributed by atoms with Crippen LogP contribution in [0.25, 0.3) is 0 Å². The number of likely N-dealkylation sites (tertiary alicyclic amines) is 1. The molecule has 0 saturated carbocycles. The number of alkyl halides is 1. The summed E-state index contributed by atoms with van der Waals surface area (Å²) in [4.78, 5) is 2.31. The second-order valence-electron chi connectivity index (χ2n) is 4.54. The Kier molecular flexibility index (Phi) is 3.94. The van der Waals surface area contributed by atoms with Crippen LogP contribution in [0, 0.1) is 0 Å². The van der Waals surface area contributed by atoms with Crippen LogP contribution in [0.2, 0.25) is 0 Å². The maximum Gasteiger partial charge on any atom is 0.128 e. The van der Waals surface area contributed by atoms with E-state index in [-0.39, 0.29) is 6.04 Å². The highest BCUT2D eigenvalue weighted by Crippen LogP contribution is 2.21. The standard InChI is InChI=1S/C11H21FN2O/c1-13-11-2-5-14(8-10(11)12)9-3-6-15-7-4-9/h9-11,13H,2-8H2,1H3. The molecule has 0 amide bonds. The Hall–Kier alpha value is -0.190. The van der Waals surface area contributed by atoms with Gasteiger partial charge < -0.3 is 10.1 Å². The molecule has 1 N–H and O–H groups in total. The molecule has 15 heavy (non-hydrogen) atoms. The maximum atomic E-state index is 13.7. The van der Waals surface area contributed by atoms with Crippen molar-refractivity contribution in [1.29, 1.82) is 0 Å². The smallest absolute Gasteiger partial charge is 0.128 e. The van der Waals surface area contributed by atoms with Crippen molar-refractivity contribution < 1.29 is 9.13 Å². The Morgan fingerprint density at radius 3 is 2.60 bits per heavy atom. The van der Waals surface area contributed by atoms with Crippen LogP contribution in [-0.4, -0.2) is 56.5 Å². The fourth-order valence-corrected chi connectivity index (χ4v) is 2.64. The average Bonchev–Trinajstić information content (AvgIpc) is 2.30. The van der Waals surface area contributed by atoms with Crippen LogP contribution < -0.4 is 5.32 Å². The van der Waals surface area contributed by atoms with E-state index < -0.39 is 6.17 Å². The van der Waals surface area contributed by atoms with Gasteiger partial charge in [-0.05, 0) is 26.3 Å². The summed E-state index contributed by atoms with van der Waals surface area (Å²) in [5.41, 5.74) is 0. The predicted octanol–water partition coefficient (Wildman–Crippen LogP) is 0.797. The quantitative estimate of drug-likeness (QED) is 0.739. The van der Waals surface area contributed by atoms with Gasteiger partial charge in [0.05, 0.1) is 0 Å². The van der Waals surface area contributed by atoms with E-state index in [4.69, 9.17) is 4.74 Å². The van der Waals surface area contributed by atoms with Crippen molar-refractivity contribution in [3.63, 3.8) is 0 Å². The van der Waals surface area contributed by atoms with Crippen molar-refractivity contribution >= 4 is 0 Å². The lowest BCUT2D eigenvalue weighted by Gasteiger charge is -2.40. The van der Waals surface area contributed by atoms with Crippen molar-refractivity contribution in [3.05, 3.63) is 0 Å². The molecule has 2 aliphatic heterocycles. The fraction of sp³-hybridized carbons (Fsp3) is 1.00. The van der Waals surface area contributed by atoms with Gasteiger partial charge in [-0.2, -0.15) is 0 Å². The first-order valence-electron chi connectivity index (χ1n) is 5.94. The Bertz CT molecular complexity index is 197. The van der Waals surface area contributed by atoms with E-state index in [1.54, 1.807) is 0 Å². The molecular formula is C11H21FN2O. The third-order valence-corrected chi connectivity index (χ3v) is 3.65. The van der Waals surface area contributed by atoms with Crippen LogP contribution in [-0.2, 0) is 4.74 Å². The summed E-state index contributed by atoms with van der Waals surface area (Å²) in [6.45, 7) is 3.30. The second kappa shape index (κ2) is 5.23. The highest BCUT2D eigenvalue weighted by atomic mass is 19.1. The van der Waals surface area contributed by atoms with E-state index in [9.17, 15) is 4.39 Å². The van der Waals surface area contributed by atoms with Crippen molar-refractivity contribution in [3.8, 4) is 0 Å². The van der Waals surface area contributed by atoms with Gasteiger partial charge in [0.2, 0.25) is 0 Å². The molecule has 0 aromatic carbocycles. The van der Waals surface area contributed by atoms with E-state index in [1.165, 1.54) is 0 Å². The third-order valence-electron chi connectivity index (χ3n) is 3.65. The van der Waals surface area contributed by atoms with Gasteiger partial charge in [0.25, 0.3) is 0 Å². The minimum absolute atomic E-state index is 0.0566. The van der Waals surface area contributed by atoms with Crippen molar-refractivity contribution in [1.82, 2.24) is 10.2 Å². The Labute approximate surface area is 91.0 Å². The monoisotopic (exact) mass is 216 g/mol. The molecule has 2 unspecified atom stereocenters. The second-order valence-corrected chi connectivity index (χ2v) is 4.54. The maximum absolute atomic E-state index is 13.7. The molecule has 0 aliphatic carbocycles. The van der Waals surface area contributed by atoms with E-state index >= 15 is 0 Å². The molecule has 0 aromatic heterocycles. The van der Waals surface area contributed by atoms with Crippen LogP contribution in [0.3, 0.4) is 0 Å². The van der Waals surface area contributed by atoms with Gasteiger partial charge in [-0.15, -0.1) is 0 Å². The summed E-state index contributed by atoms with van der Waals surface area (Å²) in [5, 5.41) is 3.05. The number of hydrogen-bond acceptors (Lipinski definition) is 3. The highest BCUT2D eigenvalue weighted by Gasteiger charge is 2.32. The Morgan fingerprint density at radius 1 is 1.27 bits per heavy atom. The van der Waals surface area contributed by atoms with Crippen molar-refractivity contribution in [2.45, 2.75) is 37.5 Å². The average molecular weight is 216 g/mol. The largest absolute Gasteiger partial charge is 0.381 e. The third kappa shape index (κ3) is 2.68. The topological polar surface area (TPSA) is 24.5 Å². The number of ether oxygens (including phenoxy) is 1. The Balaban J connectivity index is 1.84. The van der Waals surface area contributed by atoms with Gasteiger partial charge in [0.15, 0.2) is 0 Å². The molecule has 2 rings (SSSR count). The van der Waals surface area contributed by atoms with Crippen LogP contribution in [0.5, 0.6) is 0 Å². The van der Waals surface area contributed by atoms with E-state index in [0.717, 1.165) is 39.0 Å². The number of halogens is 1. The number of piperidine rings is 1. The molecule has 3 nitrogen and oxygen atoms in total. The molecule has 0 bridgehead atoms. The molecule has 2 atom stereocenters. The Morgan fingerprint density at radius 2 is 2.00 bits per heavy atom. The van der Waals surface area contributed by atoms with Crippen molar-refractivity contribution in [2.24, 2.45) is 0 Å². The molecular weight excluding hydrogens is 195 g/mol. The van der Waals surface area contributed by atoms with Gasteiger partial charge in [-0.1, -0.05) is 0 Å². The molecule has 2 fully saturated rings. The normalized spacial score (nSPS) is 35.6. The summed E-state index contributed by atoms with van der Waals surface area (Å²) < 4.78 is 19.0. The highest BCUT2D eigenvalue weighted by molar-refractivity contribution is 4.88. The number of hydrogen-bond donors (Lipinski definition) is 1. The lowest BCUT2D eigenvalue weighted by molar-refractivity contribution is 0.00564. The molecule has 0 radical (unpaired) electrons. The van der Waals surface area contributed by atoms with Crippen LogP contribution >= 0.6 is 0 Å². The predicted molar refractivity (Wildman–Crippen MR) is 57.8 cm³/mol. The van der Waals surface area contributed by atoms with Gasteiger partial charge in [-0.25, -0.2) is 4.39 Å². The van der Waals surface area contributed by atoms with Gasteiger partial charge >= 0.3 is 0 Å². The van der Waals surface area contributed by atoms with Crippen LogP contribution in [0.1, 0.15) is 19.3 Å². The summed E-state index contributed by atoms with van der Waals surface area (Å²) in [6, 6.07) is 0.607. The fourth-order valence-electron chi connectivity index (χ4n) is 2.64. The number of rotatable bonds is 2. The summed E-state index contributed by atoms with van der Waals surface area (Å²) in [5.74, 6) is 0. The molecule has 88 valence electrons. The van der Waals surface area contributed by atoms with E-state index in [0.29, 0.717) is 12.6 Å². The minimum Gasteiger partial charge on any atom is -0.381 e. The lowest BCUT2D eigenvalue weighted by atomic mass is 9.98. The van der Waals surface area contributed by atoms with Crippen LogP contribution in [0.15, 0.2) is 0 Å².